The number of nitrogens with two attached hydrogens (primary N) is 1. The number of carbonyl (C=O) groups excluding carboxylic acids is 1. The lowest BCUT2D eigenvalue weighted by molar-refractivity contribution is -0.124. The summed E-state index contributed by atoms with van der Waals surface area (Å²) in [5.41, 5.74) is 6.40. The molecule has 0 saturated heterocycles. The lowest BCUT2D eigenvalue weighted by atomic mass is 9.98. The maximum Gasteiger partial charge on any atom is 0.224 e. The van der Waals surface area contributed by atoms with Crippen LogP contribution in [0.4, 0.5) is 0 Å². The number of hydrogen-bond acceptors (Lipinski definition) is 3. The zero-order chi connectivity index (χ0) is 12.1. The van der Waals surface area contributed by atoms with E-state index >= 15 is 0 Å². The molecule has 0 aliphatic heterocycles. The van der Waals surface area contributed by atoms with Crippen molar-refractivity contribution in [2.24, 2.45) is 11.7 Å². The van der Waals surface area contributed by atoms with Crippen LogP contribution in [-0.4, -0.2) is 24.6 Å². The van der Waals surface area contributed by atoms with Crippen molar-refractivity contribution >= 4 is 17.5 Å². The van der Waals surface area contributed by atoms with Crippen molar-refractivity contribution in [3.05, 3.63) is 28.8 Å². The summed E-state index contributed by atoms with van der Waals surface area (Å²) in [6.07, 6.45) is 0.510. The van der Waals surface area contributed by atoms with E-state index in [1.54, 1.807) is 19.2 Å². The maximum atomic E-state index is 11.4. The number of benzene rings is 1. The van der Waals surface area contributed by atoms with Gasteiger partial charge in [-0.3, -0.25) is 4.79 Å². The summed E-state index contributed by atoms with van der Waals surface area (Å²) in [5.74, 6) is -0.327. The highest BCUT2D eigenvalue weighted by Crippen LogP contribution is 2.24. The van der Waals surface area contributed by atoms with Crippen LogP contribution in [0.5, 0.6) is 5.75 Å². The van der Waals surface area contributed by atoms with Crippen molar-refractivity contribution < 1.29 is 9.90 Å². The van der Waals surface area contributed by atoms with Gasteiger partial charge in [0.05, 0.1) is 10.9 Å². The number of hydrogen-bond donors (Lipinski definition) is 3. The molecule has 0 fully saturated rings. The molecule has 1 aromatic carbocycles. The molecule has 0 aliphatic carbocycles. The third-order valence-corrected chi connectivity index (χ3v) is 2.70. The first-order valence-electron chi connectivity index (χ1n) is 4.97. The second kappa shape index (κ2) is 5.72. The van der Waals surface area contributed by atoms with Crippen LogP contribution in [0.2, 0.25) is 5.02 Å². The molecule has 0 spiro atoms. The van der Waals surface area contributed by atoms with E-state index in [4.69, 9.17) is 17.3 Å². The lowest BCUT2D eigenvalue weighted by Gasteiger charge is -2.13. The summed E-state index contributed by atoms with van der Waals surface area (Å²) in [6.45, 7) is 0.276. The predicted molar refractivity (Wildman–Crippen MR) is 63.4 cm³/mol. The Kier molecular flexibility index (Phi) is 4.58. The van der Waals surface area contributed by atoms with Crippen LogP contribution in [0.25, 0.3) is 0 Å². The lowest BCUT2D eigenvalue weighted by Crippen LogP contribution is -2.34. The predicted octanol–water partition coefficient (Wildman–Crippen LogP) is 0.909. The Morgan fingerprint density at radius 3 is 2.81 bits per heavy atom. The van der Waals surface area contributed by atoms with Gasteiger partial charge in [-0.1, -0.05) is 17.7 Å². The van der Waals surface area contributed by atoms with Gasteiger partial charge in [-0.05, 0) is 24.1 Å². The molecule has 0 aromatic heterocycles. The average molecular weight is 243 g/mol. The van der Waals surface area contributed by atoms with E-state index in [9.17, 15) is 9.90 Å². The number of aromatic hydroxyl groups is 1. The summed E-state index contributed by atoms with van der Waals surface area (Å²) in [6, 6.07) is 4.88. The first kappa shape index (κ1) is 12.8. The summed E-state index contributed by atoms with van der Waals surface area (Å²) >= 11 is 5.77. The van der Waals surface area contributed by atoms with Crippen LogP contribution in [0, 0.1) is 5.92 Å². The van der Waals surface area contributed by atoms with E-state index in [1.165, 1.54) is 6.07 Å². The fourth-order valence-corrected chi connectivity index (χ4v) is 1.65. The van der Waals surface area contributed by atoms with Gasteiger partial charge in [0.2, 0.25) is 5.91 Å². The molecule has 4 N–H and O–H groups in total. The molecule has 4 nitrogen and oxygen atoms in total. The summed E-state index contributed by atoms with van der Waals surface area (Å²) in [4.78, 5) is 11.4. The van der Waals surface area contributed by atoms with Crippen molar-refractivity contribution in [3.63, 3.8) is 0 Å². The molecular weight excluding hydrogens is 228 g/mol. The molecule has 0 saturated carbocycles. The zero-order valence-electron chi connectivity index (χ0n) is 9.03. The van der Waals surface area contributed by atoms with E-state index in [-0.39, 0.29) is 29.1 Å². The second-order valence-electron chi connectivity index (χ2n) is 3.54. The Hall–Kier alpha value is -1.26. The van der Waals surface area contributed by atoms with Crippen molar-refractivity contribution in [2.75, 3.05) is 13.6 Å². The fraction of sp³-hybridized carbons (Fsp3) is 0.364. The minimum atomic E-state index is -0.273. The van der Waals surface area contributed by atoms with Crippen LogP contribution in [0.1, 0.15) is 5.56 Å². The van der Waals surface area contributed by atoms with Gasteiger partial charge >= 0.3 is 0 Å². The number of rotatable bonds is 4. The largest absolute Gasteiger partial charge is 0.506 e. The van der Waals surface area contributed by atoms with Gasteiger partial charge in [-0.2, -0.15) is 0 Å². The third kappa shape index (κ3) is 3.12. The van der Waals surface area contributed by atoms with Crippen LogP contribution in [0.15, 0.2) is 18.2 Å². The number of phenolic OH excluding ortho intramolecular Hbond substituents is 1. The van der Waals surface area contributed by atoms with E-state index < -0.39 is 0 Å². The van der Waals surface area contributed by atoms with Gasteiger partial charge in [-0.15, -0.1) is 0 Å². The molecule has 0 heterocycles. The molecule has 1 unspecified atom stereocenters. The quantitative estimate of drug-likeness (QED) is 0.735. The van der Waals surface area contributed by atoms with Gasteiger partial charge < -0.3 is 16.2 Å². The highest BCUT2D eigenvalue weighted by Gasteiger charge is 2.16. The number of halogens is 1. The Labute approximate surface area is 99.4 Å². The van der Waals surface area contributed by atoms with Gasteiger partial charge in [0.15, 0.2) is 0 Å². The maximum absolute atomic E-state index is 11.4. The van der Waals surface area contributed by atoms with E-state index in [0.29, 0.717) is 6.42 Å². The van der Waals surface area contributed by atoms with E-state index in [0.717, 1.165) is 5.56 Å². The van der Waals surface area contributed by atoms with Crippen molar-refractivity contribution in [2.45, 2.75) is 6.42 Å². The highest BCUT2D eigenvalue weighted by molar-refractivity contribution is 6.32. The monoisotopic (exact) mass is 242 g/mol. The number of carbonyl (C=O) groups is 1. The number of nitrogens with one attached hydrogen (secondary N) is 1. The van der Waals surface area contributed by atoms with Gasteiger partial charge in [0.1, 0.15) is 5.75 Å². The smallest absolute Gasteiger partial charge is 0.224 e. The molecule has 5 heteroatoms. The van der Waals surface area contributed by atoms with Crippen molar-refractivity contribution in [1.82, 2.24) is 5.32 Å². The molecule has 16 heavy (non-hydrogen) atoms. The molecule has 1 aromatic rings. The third-order valence-electron chi connectivity index (χ3n) is 2.40. The molecule has 88 valence electrons. The van der Waals surface area contributed by atoms with Crippen LogP contribution in [0.3, 0.4) is 0 Å². The Bertz CT molecular complexity index is 382. The van der Waals surface area contributed by atoms with E-state index in [1.807, 2.05) is 0 Å². The fourth-order valence-electron chi connectivity index (χ4n) is 1.45. The second-order valence-corrected chi connectivity index (χ2v) is 3.94. The SMILES string of the molecule is CNC(=O)C(CN)Cc1ccc(O)c(Cl)c1. The van der Waals surface area contributed by atoms with Gasteiger partial charge in [-0.25, -0.2) is 0 Å². The first-order chi connectivity index (χ1) is 7.58. The minimum Gasteiger partial charge on any atom is -0.506 e. The molecule has 1 rings (SSSR count). The molecule has 1 atom stereocenters. The van der Waals surface area contributed by atoms with Gasteiger partial charge in [0.25, 0.3) is 0 Å². The van der Waals surface area contributed by atoms with E-state index in [2.05, 4.69) is 5.32 Å². The van der Waals surface area contributed by atoms with Crippen molar-refractivity contribution in [1.29, 1.82) is 0 Å². The van der Waals surface area contributed by atoms with Crippen LogP contribution >= 0.6 is 11.6 Å². The molecule has 1 amide bonds. The first-order valence-corrected chi connectivity index (χ1v) is 5.35. The van der Waals surface area contributed by atoms with Crippen molar-refractivity contribution in [3.8, 4) is 5.75 Å². The summed E-state index contributed by atoms with van der Waals surface area (Å²) in [7, 11) is 1.58. The van der Waals surface area contributed by atoms with Gasteiger partial charge in [0, 0.05) is 13.6 Å². The minimum absolute atomic E-state index is 0.0367. The molecular formula is C11H15ClN2O2. The standard InChI is InChI=1S/C11H15ClN2O2/c1-14-11(16)8(6-13)4-7-2-3-10(15)9(12)5-7/h2-3,5,8,15H,4,6,13H2,1H3,(H,14,16). The number of amides is 1. The topological polar surface area (TPSA) is 75.4 Å². The van der Waals surface area contributed by atoms with Crippen LogP contribution < -0.4 is 11.1 Å². The Balaban J connectivity index is 2.78. The normalized spacial score (nSPS) is 12.2. The number of phenols is 1. The summed E-state index contributed by atoms with van der Waals surface area (Å²) < 4.78 is 0. The Morgan fingerprint density at radius 1 is 1.62 bits per heavy atom. The average Bonchev–Trinajstić information content (AvgIpc) is 2.29. The van der Waals surface area contributed by atoms with Crippen LogP contribution in [-0.2, 0) is 11.2 Å². The molecule has 0 aliphatic rings. The summed E-state index contributed by atoms with van der Waals surface area (Å²) in [5, 5.41) is 12.1. The Morgan fingerprint density at radius 2 is 2.31 bits per heavy atom. The molecule has 0 bridgehead atoms. The zero-order valence-corrected chi connectivity index (χ0v) is 9.79. The molecule has 0 radical (unpaired) electrons. The highest BCUT2D eigenvalue weighted by atomic mass is 35.5.